The van der Waals surface area contributed by atoms with Gasteiger partial charge in [-0.15, -0.1) is 0 Å². The van der Waals surface area contributed by atoms with E-state index in [1.165, 1.54) is 6.92 Å². The van der Waals surface area contributed by atoms with E-state index in [1.807, 2.05) is 0 Å². The van der Waals surface area contributed by atoms with Gasteiger partial charge in [0.25, 0.3) is 0 Å². The van der Waals surface area contributed by atoms with Crippen LogP contribution in [-0.2, 0) is 104 Å². The Balaban J connectivity index is 0.940. The van der Waals surface area contributed by atoms with E-state index in [2.05, 4.69) is 26.6 Å². The number of aliphatic hydroxyl groups is 23. The fourth-order valence-corrected chi connectivity index (χ4v) is 14.9. The molecule has 50 heteroatoms. The maximum Gasteiger partial charge on any atom is 0.217 e. The van der Waals surface area contributed by atoms with Crippen LogP contribution in [0.4, 0.5) is 0 Å². The fraction of sp³-hybridized carbons (Fsp3) is 0.922. The van der Waals surface area contributed by atoms with E-state index < -0.39 is 358 Å². The highest BCUT2D eigenvalue weighted by molar-refractivity contribution is 5.75. The Morgan fingerprint density at radius 2 is 0.482 bits per heavy atom. The minimum Gasteiger partial charge on any atom is -0.394 e. The molecule has 658 valence electrons. The predicted octanol–water partition coefficient (Wildman–Crippen LogP) is -18.9. The number of hydrogen-bond donors (Lipinski definition) is 28. The van der Waals surface area contributed by atoms with Crippen molar-refractivity contribution in [3.05, 3.63) is 0 Å². The van der Waals surface area contributed by atoms with Crippen LogP contribution in [0.2, 0.25) is 0 Å². The van der Waals surface area contributed by atoms with Crippen LogP contribution < -0.4 is 26.6 Å². The van der Waals surface area contributed by atoms with Gasteiger partial charge in [0.15, 0.2) is 56.6 Å². The van der Waals surface area contributed by atoms with E-state index in [1.54, 1.807) is 0 Å². The summed E-state index contributed by atoms with van der Waals surface area (Å²) in [5, 5.41) is 269. The van der Waals surface area contributed by atoms with Gasteiger partial charge in [0, 0.05) is 34.6 Å². The van der Waals surface area contributed by atoms with Gasteiger partial charge in [0.05, 0.1) is 59.0 Å². The minimum atomic E-state index is -2.40. The van der Waals surface area contributed by atoms with Crippen molar-refractivity contribution in [2.24, 2.45) is 0 Å². The number of aliphatic hydroxyl groups excluding tert-OH is 23. The van der Waals surface area contributed by atoms with Gasteiger partial charge in [-0.1, -0.05) is 0 Å². The molecule has 9 aliphatic heterocycles. The molecule has 9 aliphatic rings. The molecule has 5 amide bonds. The van der Waals surface area contributed by atoms with Crippen molar-refractivity contribution in [2.45, 2.75) is 318 Å². The van der Waals surface area contributed by atoms with Crippen molar-refractivity contribution in [3.63, 3.8) is 0 Å². The van der Waals surface area contributed by atoms with Gasteiger partial charge >= 0.3 is 0 Å². The van der Waals surface area contributed by atoms with Gasteiger partial charge in [-0.05, 0) is 6.92 Å². The number of carbonyl (C=O) groups excluding carboxylic acids is 5. The Bertz CT molecular complexity index is 3080. The van der Waals surface area contributed by atoms with Gasteiger partial charge in [-0.2, -0.15) is 0 Å². The SMILES string of the molecule is CC(=O)N[C@@H]1[C@@H](O[C@@H]2O[C@H](CO)[C@@H](O[C@@H]3O[C@H](CO)[C@H](O)[C@H](O[C@@H]4O[C@H](CO)[C@@H](O[C@@H]5O[C@H](CO)[C@H](O)[C@H](O[C@@H]6O[C@H](CO)[C@@H](O[C@@H]7O[C@H](CO)[C@H](O)[C@H](O[C@H]8O[C@H](CO)[C@H](O)[C@H](O)[C@H]8NC(C)=O)[C@H]7O[C@@H]7O[C@@H](C)[C@@H](O)[C@@H](O)[C@@H]7O)[C@H](O)[C@H]6NC(C)=O)[C@H]5O)[C@H](O)[C@H]4NC(C)=O)[C@H]3O)[C@H](O)[C@H]2NC(C)=O)[C@@H](O)[C@@H](CO)O[C@@H]1O. The molecule has 0 aromatic heterocycles. The molecular formula is C64H107N5O45. The third-order valence-corrected chi connectivity index (χ3v) is 20.7. The Morgan fingerprint density at radius 3 is 0.851 bits per heavy atom. The van der Waals surface area contributed by atoms with E-state index in [0.717, 1.165) is 34.6 Å². The van der Waals surface area contributed by atoms with E-state index in [9.17, 15) is 141 Å². The monoisotopic (exact) mass is 1670 g/mol. The first kappa shape index (κ1) is 93.6. The lowest BCUT2D eigenvalue weighted by Crippen LogP contribution is -2.71. The van der Waals surface area contributed by atoms with Crippen molar-refractivity contribution in [2.75, 3.05) is 52.9 Å². The second-order valence-electron chi connectivity index (χ2n) is 28.8. The second kappa shape index (κ2) is 40.9. The molecule has 114 heavy (non-hydrogen) atoms. The van der Waals surface area contributed by atoms with Crippen LogP contribution in [0.5, 0.6) is 0 Å². The van der Waals surface area contributed by atoms with Crippen LogP contribution in [0.25, 0.3) is 0 Å². The first-order valence-corrected chi connectivity index (χ1v) is 36.5. The number of amides is 5. The average molecular weight is 1670 g/mol. The summed E-state index contributed by atoms with van der Waals surface area (Å²) in [7, 11) is 0. The van der Waals surface area contributed by atoms with Crippen molar-refractivity contribution in [1.82, 2.24) is 26.6 Å². The first-order valence-electron chi connectivity index (χ1n) is 36.5. The highest BCUT2D eigenvalue weighted by Gasteiger charge is 2.62. The third-order valence-electron chi connectivity index (χ3n) is 20.7. The molecule has 9 fully saturated rings. The molecule has 28 N–H and O–H groups in total. The molecule has 0 saturated carbocycles. The predicted molar refractivity (Wildman–Crippen MR) is 354 cm³/mol. The smallest absolute Gasteiger partial charge is 0.217 e. The van der Waals surface area contributed by atoms with Crippen LogP contribution in [0.15, 0.2) is 0 Å². The topological polar surface area (TPSA) is 768 Å². The van der Waals surface area contributed by atoms with Gasteiger partial charge < -0.3 is 225 Å². The maximum absolute atomic E-state index is 13.1. The van der Waals surface area contributed by atoms with E-state index in [0.29, 0.717) is 0 Å². The van der Waals surface area contributed by atoms with Crippen molar-refractivity contribution < 1.29 is 222 Å². The standard InChI is InChI=1S/C64H107N5O45/c1-15-34(83)44(93)45(94)61(98-15)114-55-54(113-57-29(65-16(2)78)40(89)35(84)21(7-70)100-57)39(88)25(11-74)103-64(55)109-50-28(14-77)106-60(32(43(50)92)68-19(5)81)112-53-38(87)24(10-73)102-63(47(53)96)108-49-27(13-76)105-59(31(42(49)91)67-18(4)80)111-52-37(86)23(9-72)101-62(46(52)95)107-48-26(12-75)104-58(30(41(48)90)66-17(3)79)110-51-33(69-20(6)82)56(97)99-22(8-71)36(51)85/h15,21-64,70-77,83-97H,7-14H2,1-6H3,(H,65,78)(H,66,79)(H,67,80)(H,68,81)(H,69,82)/t15-,21+,22+,23+,24+,25+,26+,27+,28+,29+,30+,31+,32+,33+,34+,35-,36-,37-,38-,39-,40+,41+,42+,43+,44+,45-,46+,47+,48+,49+,50+,51+,52-,53-,54-,55+,56-,57+,58-,59-,60-,61-,62-,63-,64-/m0/s1. The fourth-order valence-electron chi connectivity index (χ4n) is 14.9. The molecule has 0 radical (unpaired) electrons. The largest absolute Gasteiger partial charge is 0.394 e. The highest BCUT2D eigenvalue weighted by Crippen LogP contribution is 2.41. The van der Waals surface area contributed by atoms with E-state index in [-0.39, 0.29) is 0 Å². The summed E-state index contributed by atoms with van der Waals surface area (Å²) in [6.07, 6.45) is -80.3. The van der Waals surface area contributed by atoms with Crippen LogP contribution >= 0.6 is 0 Å². The zero-order valence-electron chi connectivity index (χ0n) is 61.9. The maximum atomic E-state index is 13.1. The van der Waals surface area contributed by atoms with E-state index in [4.69, 9.17) is 80.5 Å². The summed E-state index contributed by atoms with van der Waals surface area (Å²) in [4.78, 5) is 63.5. The van der Waals surface area contributed by atoms with Gasteiger partial charge in [0.1, 0.15) is 213 Å². The molecule has 0 bridgehead atoms. The molecule has 9 saturated heterocycles. The normalized spacial score (nSPS) is 48.2. The highest BCUT2D eigenvalue weighted by atomic mass is 16.8. The summed E-state index contributed by atoms with van der Waals surface area (Å²) >= 11 is 0. The van der Waals surface area contributed by atoms with Crippen LogP contribution in [0, 0.1) is 0 Å². The van der Waals surface area contributed by atoms with Gasteiger partial charge in [-0.3, -0.25) is 24.0 Å². The Morgan fingerprint density at radius 1 is 0.228 bits per heavy atom. The number of nitrogens with one attached hydrogen (secondary N) is 5. The average Bonchev–Trinajstić information content (AvgIpc) is 0.766. The summed E-state index contributed by atoms with van der Waals surface area (Å²) < 4.78 is 101. The molecule has 0 aromatic rings. The Kier molecular flexibility index (Phi) is 33.6. The molecule has 9 heterocycles. The number of carbonyl (C=O) groups is 5. The van der Waals surface area contributed by atoms with Crippen LogP contribution in [0.3, 0.4) is 0 Å². The van der Waals surface area contributed by atoms with E-state index >= 15 is 0 Å². The van der Waals surface area contributed by atoms with Crippen molar-refractivity contribution >= 4 is 29.5 Å². The first-order chi connectivity index (χ1) is 53.9. The summed E-state index contributed by atoms with van der Waals surface area (Å²) in [6, 6.07) is -9.06. The molecule has 45 atom stereocenters. The number of rotatable bonds is 29. The van der Waals surface area contributed by atoms with Crippen LogP contribution in [0.1, 0.15) is 41.5 Å². The van der Waals surface area contributed by atoms with Crippen molar-refractivity contribution in [1.29, 1.82) is 0 Å². The van der Waals surface area contributed by atoms with Gasteiger partial charge in [0.2, 0.25) is 29.5 Å². The Hall–Kier alpha value is -4.25. The summed E-state index contributed by atoms with van der Waals surface area (Å²) in [5.41, 5.74) is 0. The molecule has 9 rings (SSSR count). The molecule has 50 nitrogen and oxygen atoms in total. The van der Waals surface area contributed by atoms with Gasteiger partial charge in [-0.25, -0.2) is 0 Å². The molecular weight excluding hydrogens is 1560 g/mol. The summed E-state index contributed by atoms with van der Waals surface area (Å²) in [6.45, 7) is -2.55. The molecule has 0 aliphatic carbocycles. The summed E-state index contributed by atoms with van der Waals surface area (Å²) in [5.74, 6) is -4.38. The lowest BCUT2D eigenvalue weighted by atomic mass is 9.93. The number of hydrogen-bond acceptors (Lipinski definition) is 45. The molecule has 0 spiro atoms. The quantitative estimate of drug-likeness (QED) is 0.0331. The third kappa shape index (κ3) is 20.7. The number of ether oxygens (including phenoxy) is 17. The van der Waals surface area contributed by atoms with Crippen LogP contribution in [-0.4, -0.2) is 476 Å². The van der Waals surface area contributed by atoms with Crippen molar-refractivity contribution in [3.8, 4) is 0 Å². The lowest BCUT2D eigenvalue weighted by molar-refractivity contribution is -0.402. The molecule has 0 aromatic carbocycles. The zero-order chi connectivity index (χ0) is 84.1. The molecule has 0 unspecified atom stereocenters. The zero-order valence-corrected chi connectivity index (χ0v) is 61.9. The minimum absolute atomic E-state index is 0.763. The Labute approximate surface area is 646 Å². The lowest BCUT2D eigenvalue weighted by Gasteiger charge is -2.52. The second-order valence-corrected chi connectivity index (χ2v) is 28.8.